The lowest BCUT2D eigenvalue weighted by Gasteiger charge is -2.05. The molecule has 0 aromatic heterocycles. The number of ether oxygens (including phenoxy) is 2. The molecule has 0 saturated heterocycles. The van der Waals surface area contributed by atoms with Gasteiger partial charge in [0.1, 0.15) is 0 Å². The maximum atomic E-state index is 5.33. The van der Waals surface area contributed by atoms with Crippen molar-refractivity contribution in [3.8, 4) is 0 Å². The molecule has 0 heterocycles. The molecule has 0 saturated carbocycles. The Kier molecular flexibility index (Phi) is 18.2. The van der Waals surface area contributed by atoms with Crippen LogP contribution in [0.3, 0.4) is 0 Å². The highest BCUT2D eigenvalue weighted by molar-refractivity contribution is 4.91. The van der Waals surface area contributed by atoms with Crippen molar-refractivity contribution in [2.75, 3.05) is 33.0 Å². The summed E-state index contributed by atoms with van der Waals surface area (Å²) in [7, 11) is 0. The molecular weight excluding hydrogens is 190 g/mol. The first-order valence-corrected chi connectivity index (χ1v) is 5.83. The molecule has 0 radical (unpaired) electrons. The largest absolute Gasteiger partial charge is 0.379 e. The van der Waals surface area contributed by atoms with Gasteiger partial charge in [0.15, 0.2) is 0 Å². The Morgan fingerprint density at radius 3 is 2.07 bits per heavy atom. The van der Waals surface area contributed by atoms with Crippen molar-refractivity contribution in [1.29, 1.82) is 0 Å². The molecular formula is C12H27NO2. The molecule has 2 N–H and O–H groups in total. The quantitative estimate of drug-likeness (QED) is 0.476. The highest BCUT2D eigenvalue weighted by Crippen LogP contribution is 2.01. The summed E-state index contributed by atoms with van der Waals surface area (Å²) in [6.45, 7) is 13.2. The Balaban J connectivity index is 0. The SMILES string of the molecule is C=C(CC)CCOCCOCCN.CC. The molecule has 0 rings (SSSR count). The molecule has 3 nitrogen and oxygen atoms in total. The zero-order valence-corrected chi connectivity index (χ0v) is 10.6. The van der Waals surface area contributed by atoms with E-state index in [1.807, 2.05) is 13.8 Å². The van der Waals surface area contributed by atoms with Crippen LogP contribution < -0.4 is 5.73 Å². The average molecular weight is 217 g/mol. The third kappa shape index (κ3) is 16.3. The van der Waals surface area contributed by atoms with Gasteiger partial charge in [-0.05, 0) is 12.8 Å². The molecule has 0 aromatic carbocycles. The lowest BCUT2D eigenvalue weighted by molar-refractivity contribution is 0.0518. The number of nitrogens with two attached hydrogens (primary N) is 1. The van der Waals surface area contributed by atoms with E-state index in [4.69, 9.17) is 15.2 Å². The summed E-state index contributed by atoms with van der Waals surface area (Å²) < 4.78 is 10.5. The van der Waals surface area contributed by atoms with Crippen molar-refractivity contribution in [3.05, 3.63) is 12.2 Å². The Bertz CT molecular complexity index is 127. The van der Waals surface area contributed by atoms with Crippen LogP contribution in [0.2, 0.25) is 0 Å². The average Bonchev–Trinajstić information content (AvgIpc) is 2.30. The van der Waals surface area contributed by atoms with Crippen molar-refractivity contribution >= 4 is 0 Å². The minimum atomic E-state index is 0.576. The summed E-state index contributed by atoms with van der Waals surface area (Å²) in [5.74, 6) is 0. The van der Waals surface area contributed by atoms with Gasteiger partial charge < -0.3 is 15.2 Å². The van der Waals surface area contributed by atoms with Crippen LogP contribution in [-0.2, 0) is 9.47 Å². The first kappa shape index (κ1) is 17.0. The van der Waals surface area contributed by atoms with E-state index >= 15 is 0 Å². The van der Waals surface area contributed by atoms with Crippen LogP contribution in [0.1, 0.15) is 33.6 Å². The summed E-state index contributed by atoms with van der Waals surface area (Å²) in [6.07, 6.45) is 1.99. The van der Waals surface area contributed by atoms with E-state index in [1.54, 1.807) is 0 Å². The fourth-order valence-corrected chi connectivity index (χ4v) is 0.799. The second-order valence-corrected chi connectivity index (χ2v) is 2.87. The van der Waals surface area contributed by atoms with E-state index in [-0.39, 0.29) is 0 Å². The smallest absolute Gasteiger partial charge is 0.0701 e. The second-order valence-electron chi connectivity index (χ2n) is 2.87. The third-order valence-electron chi connectivity index (χ3n) is 1.73. The maximum absolute atomic E-state index is 5.33. The predicted molar refractivity (Wildman–Crippen MR) is 66.1 cm³/mol. The van der Waals surface area contributed by atoms with Crippen LogP contribution in [0.4, 0.5) is 0 Å². The molecule has 0 aliphatic carbocycles. The molecule has 0 aliphatic rings. The van der Waals surface area contributed by atoms with Crippen LogP contribution >= 0.6 is 0 Å². The van der Waals surface area contributed by atoms with Crippen molar-refractivity contribution in [3.63, 3.8) is 0 Å². The Labute approximate surface area is 94.6 Å². The van der Waals surface area contributed by atoms with Gasteiger partial charge in [-0.25, -0.2) is 0 Å². The van der Waals surface area contributed by atoms with Gasteiger partial charge in [0.25, 0.3) is 0 Å². The first-order chi connectivity index (χ1) is 7.31. The monoisotopic (exact) mass is 217 g/mol. The predicted octanol–water partition coefficient (Wildman–Crippen LogP) is 2.36. The van der Waals surface area contributed by atoms with Crippen LogP contribution in [-0.4, -0.2) is 33.0 Å². The van der Waals surface area contributed by atoms with Crippen LogP contribution in [0, 0.1) is 0 Å². The zero-order chi connectivity index (χ0) is 11.9. The van der Waals surface area contributed by atoms with Crippen molar-refractivity contribution in [1.82, 2.24) is 0 Å². The van der Waals surface area contributed by atoms with Gasteiger partial charge in [-0.3, -0.25) is 0 Å². The molecule has 15 heavy (non-hydrogen) atoms. The number of hydrogen-bond acceptors (Lipinski definition) is 3. The summed E-state index contributed by atoms with van der Waals surface area (Å²) in [4.78, 5) is 0. The lowest BCUT2D eigenvalue weighted by atomic mass is 10.2. The third-order valence-corrected chi connectivity index (χ3v) is 1.73. The van der Waals surface area contributed by atoms with Crippen molar-refractivity contribution in [2.45, 2.75) is 33.6 Å². The topological polar surface area (TPSA) is 44.5 Å². The molecule has 0 unspecified atom stereocenters. The van der Waals surface area contributed by atoms with Crippen molar-refractivity contribution < 1.29 is 9.47 Å². The van der Waals surface area contributed by atoms with Crippen LogP contribution in [0.15, 0.2) is 12.2 Å². The summed E-state index contributed by atoms with van der Waals surface area (Å²) in [6, 6.07) is 0. The fourth-order valence-electron chi connectivity index (χ4n) is 0.799. The van der Waals surface area contributed by atoms with Crippen LogP contribution in [0.25, 0.3) is 0 Å². The molecule has 0 bridgehead atoms. The summed E-state index contributed by atoms with van der Waals surface area (Å²) in [5, 5.41) is 0. The molecule has 3 heteroatoms. The van der Waals surface area contributed by atoms with Gasteiger partial charge >= 0.3 is 0 Å². The highest BCUT2D eigenvalue weighted by Gasteiger charge is 1.92. The van der Waals surface area contributed by atoms with Gasteiger partial charge in [-0.1, -0.05) is 32.9 Å². The Hall–Kier alpha value is -0.380. The second kappa shape index (κ2) is 16.1. The fraction of sp³-hybridized carbons (Fsp3) is 0.833. The zero-order valence-electron chi connectivity index (χ0n) is 10.6. The van der Waals surface area contributed by atoms with E-state index in [1.165, 1.54) is 5.57 Å². The van der Waals surface area contributed by atoms with Crippen LogP contribution in [0.5, 0.6) is 0 Å². The summed E-state index contributed by atoms with van der Waals surface area (Å²) in [5.41, 5.74) is 6.49. The molecule has 0 spiro atoms. The maximum Gasteiger partial charge on any atom is 0.0701 e. The molecule has 92 valence electrons. The van der Waals surface area contributed by atoms with Gasteiger partial charge in [0.05, 0.1) is 26.4 Å². The normalized spacial score (nSPS) is 9.33. The highest BCUT2D eigenvalue weighted by atomic mass is 16.5. The van der Waals surface area contributed by atoms with E-state index in [2.05, 4.69) is 13.5 Å². The number of hydrogen-bond donors (Lipinski definition) is 1. The van der Waals surface area contributed by atoms with E-state index in [9.17, 15) is 0 Å². The summed E-state index contributed by atoms with van der Waals surface area (Å²) >= 11 is 0. The van der Waals surface area contributed by atoms with Crippen molar-refractivity contribution in [2.24, 2.45) is 5.73 Å². The van der Waals surface area contributed by atoms with Gasteiger partial charge in [-0.15, -0.1) is 0 Å². The van der Waals surface area contributed by atoms with Gasteiger partial charge in [0.2, 0.25) is 0 Å². The van der Waals surface area contributed by atoms with Gasteiger partial charge in [0, 0.05) is 6.54 Å². The lowest BCUT2D eigenvalue weighted by Crippen LogP contribution is -2.12. The molecule has 0 aromatic rings. The minimum absolute atomic E-state index is 0.576. The molecule has 0 fully saturated rings. The Morgan fingerprint density at radius 2 is 1.60 bits per heavy atom. The molecule has 0 aliphatic heterocycles. The first-order valence-electron chi connectivity index (χ1n) is 5.83. The van der Waals surface area contributed by atoms with E-state index < -0.39 is 0 Å². The standard InChI is InChI=1S/C10H21NO2.C2H6/c1-3-10(2)4-6-12-8-9-13-7-5-11;1-2/h2-9,11H2,1H3;1-2H3. The molecule has 0 amide bonds. The number of rotatable bonds is 9. The molecule has 0 atom stereocenters. The van der Waals surface area contributed by atoms with E-state index in [0.717, 1.165) is 19.4 Å². The van der Waals surface area contributed by atoms with Gasteiger partial charge in [-0.2, -0.15) is 0 Å². The van der Waals surface area contributed by atoms with E-state index in [0.29, 0.717) is 26.4 Å². The minimum Gasteiger partial charge on any atom is -0.379 e. The Morgan fingerprint density at radius 1 is 1.07 bits per heavy atom.